The van der Waals surface area contributed by atoms with E-state index in [1.54, 1.807) is 6.20 Å². The van der Waals surface area contributed by atoms with E-state index in [-0.39, 0.29) is 23.3 Å². The largest absolute Gasteiger partial charge is 0.444 e. The van der Waals surface area contributed by atoms with Gasteiger partial charge in [0.25, 0.3) is 5.91 Å². The summed E-state index contributed by atoms with van der Waals surface area (Å²) in [5, 5.41) is 2.87. The molecule has 0 atom stereocenters. The van der Waals surface area contributed by atoms with Crippen LogP contribution in [0.3, 0.4) is 0 Å². The second kappa shape index (κ2) is 5.59. The number of hydrogen-bond donors (Lipinski definition) is 1. The van der Waals surface area contributed by atoms with Crippen molar-refractivity contribution in [1.82, 2.24) is 20.3 Å². The van der Waals surface area contributed by atoms with E-state index in [2.05, 4.69) is 20.3 Å². The number of oxazole rings is 1. The Hall–Kier alpha value is -1.95. The van der Waals surface area contributed by atoms with Crippen LogP contribution in [0.2, 0.25) is 5.15 Å². The Morgan fingerprint density at radius 2 is 2.17 bits per heavy atom. The van der Waals surface area contributed by atoms with Gasteiger partial charge in [0.05, 0.1) is 25.1 Å². The van der Waals surface area contributed by atoms with Crippen LogP contribution in [-0.4, -0.2) is 20.9 Å². The number of carbonyl (C=O) groups excluding carboxylic acids is 1. The van der Waals surface area contributed by atoms with Gasteiger partial charge in [0.15, 0.2) is 0 Å². The number of rotatable bonds is 4. The maximum absolute atomic E-state index is 11.7. The van der Waals surface area contributed by atoms with Gasteiger partial charge < -0.3 is 9.73 Å². The van der Waals surface area contributed by atoms with Crippen molar-refractivity contribution < 1.29 is 9.21 Å². The van der Waals surface area contributed by atoms with E-state index in [4.69, 9.17) is 16.0 Å². The number of nitrogens with one attached hydrogen (secondary N) is 1. The fourth-order valence-corrected chi connectivity index (χ4v) is 1.37. The molecule has 0 saturated heterocycles. The molecule has 0 saturated carbocycles. The highest BCUT2D eigenvalue weighted by molar-refractivity contribution is 6.29. The summed E-state index contributed by atoms with van der Waals surface area (Å²) in [6.07, 6.45) is 5.04. The van der Waals surface area contributed by atoms with Crippen molar-refractivity contribution in [3.63, 3.8) is 0 Å². The predicted octanol–water partition coefficient (Wildman–Crippen LogP) is 1.61. The van der Waals surface area contributed by atoms with Crippen molar-refractivity contribution >= 4 is 17.5 Å². The van der Waals surface area contributed by atoms with Crippen LogP contribution < -0.4 is 5.32 Å². The van der Waals surface area contributed by atoms with Crippen LogP contribution in [-0.2, 0) is 13.0 Å². The topological polar surface area (TPSA) is 80.9 Å². The minimum absolute atomic E-state index is 0.196. The van der Waals surface area contributed by atoms with Gasteiger partial charge in [-0.05, 0) is 0 Å². The molecule has 6 nitrogen and oxygen atoms in total. The highest BCUT2D eigenvalue weighted by atomic mass is 35.5. The van der Waals surface area contributed by atoms with E-state index in [0.717, 1.165) is 12.2 Å². The number of nitrogens with zero attached hydrogens (tertiary/aromatic N) is 3. The Labute approximate surface area is 108 Å². The van der Waals surface area contributed by atoms with E-state index in [0.29, 0.717) is 5.89 Å². The summed E-state index contributed by atoms with van der Waals surface area (Å²) in [6.45, 7) is 2.18. The Morgan fingerprint density at radius 1 is 1.33 bits per heavy atom. The summed E-state index contributed by atoms with van der Waals surface area (Å²) in [6, 6.07) is 0. The molecule has 18 heavy (non-hydrogen) atoms. The maximum Gasteiger partial charge on any atom is 0.271 e. The van der Waals surface area contributed by atoms with Crippen LogP contribution in [0, 0.1) is 0 Å². The zero-order valence-electron chi connectivity index (χ0n) is 9.68. The van der Waals surface area contributed by atoms with Crippen molar-refractivity contribution in [3.8, 4) is 0 Å². The molecule has 2 rings (SSSR count). The quantitative estimate of drug-likeness (QED) is 0.909. The smallest absolute Gasteiger partial charge is 0.271 e. The highest BCUT2D eigenvalue weighted by Gasteiger charge is 2.09. The molecule has 0 aliphatic rings. The first-order valence-electron chi connectivity index (χ1n) is 5.38. The molecular formula is C11H11ClN4O2. The predicted molar refractivity (Wildman–Crippen MR) is 64.1 cm³/mol. The van der Waals surface area contributed by atoms with Gasteiger partial charge in [-0.15, -0.1) is 0 Å². The molecule has 2 aromatic heterocycles. The number of amides is 1. The Bertz CT molecular complexity index is 538. The van der Waals surface area contributed by atoms with E-state index >= 15 is 0 Å². The summed E-state index contributed by atoms with van der Waals surface area (Å²) < 4.78 is 5.36. The maximum atomic E-state index is 11.7. The third-order valence-corrected chi connectivity index (χ3v) is 2.40. The van der Waals surface area contributed by atoms with Gasteiger partial charge in [-0.25, -0.2) is 15.0 Å². The molecule has 2 heterocycles. The van der Waals surface area contributed by atoms with Gasteiger partial charge in [-0.1, -0.05) is 18.5 Å². The standard InChI is InChI=1S/C11H11ClN4O2/c1-2-7-3-15-10(18-7)6-16-11(17)8-4-14-9(12)5-13-8/h3-5H,2,6H2,1H3,(H,16,17). The van der Waals surface area contributed by atoms with Crippen molar-refractivity contribution in [3.05, 3.63) is 41.1 Å². The average molecular weight is 267 g/mol. The minimum atomic E-state index is -0.351. The van der Waals surface area contributed by atoms with Crippen molar-refractivity contribution in [2.75, 3.05) is 0 Å². The third-order valence-electron chi connectivity index (χ3n) is 2.20. The van der Waals surface area contributed by atoms with Crippen LogP contribution in [0.5, 0.6) is 0 Å². The van der Waals surface area contributed by atoms with Gasteiger partial charge in [0, 0.05) is 6.42 Å². The Morgan fingerprint density at radius 3 is 2.78 bits per heavy atom. The lowest BCUT2D eigenvalue weighted by molar-refractivity contribution is 0.0941. The average Bonchev–Trinajstić information content (AvgIpc) is 2.85. The lowest BCUT2D eigenvalue weighted by Gasteiger charge is -2.01. The SMILES string of the molecule is CCc1cnc(CNC(=O)c2cnc(Cl)cn2)o1. The molecule has 0 fully saturated rings. The van der Waals surface area contributed by atoms with Crippen LogP contribution in [0.25, 0.3) is 0 Å². The summed E-state index contributed by atoms with van der Waals surface area (Å²) in [7, 11) is 0. The molecule has 0 aliphatic heterocycles. The van der Waals surface area contributed by atoms with Gasteiger partial charge >= 0.3 is 0 Å². The number of carbonyl (C=O) groups is 1. The van der Waals surface area contributed by atoms with Crippen LogP contribution >= 0.6 is 11.6 Å². The van der Waals surface area contributed by atoms with Crippen molar-refractivity contribution in [2.24, 2.45) is 0 Å². The number of halogens is 1. The van der Waals surface area contributed by atoms with E-state index < -0.39 is 0 Å². The zero-order valence-corrected chi connectivity index (χ0v) is 10.4. The van der Waals surface area contributed by atoms with Gasteiger partial charge in [0.1, 0.15) is 16.6 Å². The molecule has 0 spiro atoms. The third kappa shape index (κ3) is 3.04. The molecule has 0 aromatic carbocycles. The minimum Gasteiger partial charge on any atom is -0.444 e. The normalized spacial score (nSPS) is 10.3. The summed E-state index contributed by atoms with van der Waals surface area (Å²) in [5.74, 6) is 0.892. The number of hydrogen-bond acceptors (Lipinski definition) is 5. The second-order valence-corrected chi connectivity index (χ2v) is 3.87. The first-order valence-corrected chi connectivity index (χ1v) is 5.76. The number of aromatic nitrogens is 3. The van der Waals surface area contributed by atoms with Crippen LogP contribution in [0.15, 0.2) is 23.0 Å². The zero-order chi connectivity index (χ0) is 13.0. The molecule has 7 heteroatoms. The molecule has 1 N–H and O–H groups in total. The van der Waals surface area contributed by atoms with E-state index in [9.17, 15) is 4.79 Å². The number of aryl methyl sites for hydroxylation is 1. The molecule has 1 amide bonds. The molecular weight excluding hydrogens is 256 g/mol. The van der Waals surface area contributed by atoms with Crippen molar-refractivity contribution in [1.29, 1.82) is 0 Å². The summed E-state index contributed by atoms with van der Waals surface area (Å²) in [5.41, 5.74) is 0.196. The lowest BCUT2D eigenvalue weighted by Crippen LogP contribution is -2.24. The Kier molecular flexibility index (Phi) is 3.88. The fraction of sp³-hybridized carbons (Fsp3) is 0.273. The molecule has 94 valence electrons. The van der Waals surface area contributed by atoms with E-state index in [1.165, 1.54) is 12.4 Å². The lowest BCUT2D eigenvalue weighted by atomic mass is 10.4. The first kappa shape index (κ1) is 12.5. The fourth-order valence-electron chi connectivity index (χ4n) is 1.27. The van der Waals surface area contributed by atoms with Gasteiger partial charge in [-0.2, -0.15) is 0 Å². The monoisotopic (exact) mass is 266 g/mol. The van der Waals surface area contributed by atoms with Crippen LogP contribution in [0.1, 0.15) is 29.1 Å². The first-order chi connectivity index (χ1) is 8.69. The second-order valence-electron chi connectivity index (χ2n) is 3.48. The van der Waals surface area contributed by atoms with E-state index in [1.807, 2.05) is 6.92 Å². The van der Waals surface area contributed by atoms with Crippen LogP contribution in [0.4, 0.5) is 0 Å². The van der Waals surface area contributed by atoms with Gasteiger partial charge in [-0.3, -0.25) is 4.79 Å². The molecule has 2 aromatic rings. The van der Waals surface area contributed by atoms with Gasteiger partial charge in [0.2, 0.25) is 5.89 Å². The molecule has 0 unspecified atom stereocenters. The summed E-state index contributed by atoms with van der Waals surface area (Å²) in [4.78, 5) is 23.3. The molecule has 0 bridgehead atoms. The highest BCUT2D eigenvalue weighted by Crippen LogP contribution is 2.04. The molecule has 0 aliphatic carbocycles. The Balaban J connectivity index is 1.93. The molecule has 0 radical (unpaired) electrons. The summed E-state index contributed by atoms with van der Waals surface area (Å²) >= 11 is 5.58. The van der Waals surface area contributed by atoms with Crippen molar-refractivity contribution in [2.45, 2.75) is 19.9 Å².